The van der Waals surface area contributed by atoms with Gasteiger partial charge in [-0.05, 0) is 30.7 Å². The van der Waals surface area contributed by atoms with Crippen LogP contribution in [-0.2, 0) is 17.8 Å². The largest absolute Gasteiger partial charge is 0.496 e. The Morgan fingerprint density at radius 3 is 2.59 bits per heavy atom. The van der Waals surface area contributed by atoms with E-state index in [0.717, 1.165) is 16.7 Å². The second kappa shape index (κ2) is 7.52. The Bertz CT molecular complexity index is 686. The Balaban J connectivity index is 2.00. The van der Waals surface area contributed by atoms with Crippen molar-refractivity contribution in [3.8, 4) is 5.75 Å². The molecule has 1 amide bonds. The number of hydrogen-bond donors (Lipinski definition) is 1. The van der Waals surface area contributed by atoms with Crippen LogP contribution in [0.5, 0.6) is 5.75 Å². The Morgan fingerprint density at radius 1 is 1.14 bits per heavy atom. The molecule has 0 aliphatic rings. The van der Waals surface area contributed by atoms with Crippen molar-refractivity contribution in [2.24, 2.45) is 0 Å². The molecule has 0 aliphatic carbocycles. The Morgan fingerprint density at radius 2 is 1.91 bits per heavy atom. The van der Waals surface area contributed by atoms with Crippen molar-refractivity contribution in [1.82, 2.24) is 5.32 Å². The third kappa shape index (κ3) is 4.39. The molecule has 0 atom stereocenters. The third-order valence-electron chi connectivity index (χ3n) is 3.28. The molecule has 0 bridgehead atoms. The van der Waals surface area contributed by atoms with E-state index in [-0.39, 0.29) is 12.3 Å². The fraction of sp³-hybridized carbons (Fsp3) is 0.235. The van der Waals surface area contributed by atoms with Gasteiger partial charge in [0.2, 0.25) is 5.91 Å². The predicted molar refractivity (Wildman–Crippen MR) is 89.7 cm³/mol. The van der Waals surface area contributed by atoms with Gasteiger partial charge in [0.1, 0.15) is 5.75 Å². The molecule has 0 heterocycles. The smallest absolute Gasteiger partial charge is 0.224 e. The summed E-state index contributed by atoms with van der Waals surface area (Å²) in [5.74, 6) is 0.625. The van der Waals surface area contributed by atoms with E-state index in [1.807, 2.05) is 25.1 Å². The molecule has 3 nitrogen and oxygen atoms in total. The highest BCUT2D eigenvalue weighted by atomic mass is 35.5. The molecule has 0 aliphatic heterocycles. The number of carbonyl (C=O) groups excluding carboxylic acids is 1. The van der Waals surface area contributed by atoms with Crippen LogP contribution in [0.15, 0.2) is 36.4 Å². The summed E-state index contributed by atoms with van der Waals surface area (Å²) >= 11 is 11.9. The lowest BCUT2D eigenvalue weighted by molar-refractivity contribution is -0.120. The maximum absolute atomic E-state index is 12.1. The average Bonchev–Trinajstić information content (AvgIpc) is 2.46. The first-order valence-corrected chi connectivity index (χ1v) is 7.59. The SMILES string of the molecule is COc1ccc(C)cc1CC(=O)NCc1ccc(Cl)cc1Cl. The highest BCUT2D eigenvalue weighted by molar-refractivity contribution is 6.35. The van der Waals surface area contributed by atoms with Gasteiger partial charge in [-0.3, -0.25) is 4.79 Å². The number of hydrogen-bond acceptors (Lipinski definition) is 2. The zero-order valence-electron chi connectivity index (χ0n) is 12.5. The van der Waals surface area contributed by atoms with E-state index in [4.69, 9.17) is 27.9 Å². The van der Waals surface area contributed by atoms with E-state index in [9.17, 15) is 4.79 Å². The van der Waals surface area contributed by atoms with Crippen LogP contribution in [-0.4, -0.2) is 13.0 Å². The zero-order chi connectivity index (χ0) is 16.1. The highest BCUT2D eigenvalue weighted by Gasteiger charge is 2.10. The molecule has 0 saturated carbocycles. The molecular formula is C17H17Cl2NO2. The topological polar surface area (TPSA) is 38.3 Å². The first-order valence-electron chi connectivity index (χ1n) is 6.83. The summed E-state index contributed by atoms with van der Waals surface area (Å²) in [5.41, 5.74) is 2.78. The van der Waals surface area contributed by atoms with Crippen molar-refractivity contribution < 1.29 is 9.53 Å². The molecule has 5 heteroatoms. The van der Waals surface area contributed by atoms with Crippen LogP contribution in [0.4, 0.5) is 0 Å². The quantitative estimate of drug-likeness (QED) is 0.889. The average molecular weight is 338 g/mol. The van der Waals surface area contributed by atoms with E-state index in [0.29, 0.717) is 22.3 Å². The number of nitrogens with one attached hydrogen (secondary N) is 1. The normalized spacial score (nSPS) is 10.4. The van der Waals surface area contributed by atoms with Gasteiger partial charge in [-0.25, -0.2) is 0 Å². The van der Waals surface area contributed by atoms with Crippen molar-refractivity contribution in [3.05, 3.63) is 63.1 Å². The minimum absolute atomic E-state index is 0.0880. The van der Waals surface area contributed by atoms with Gasteiger partial charge in [-0.1, -0.05) is 47.0 Å². The molecule has 2 aromatic rings. The Hall–Kier alpha value is -1.71. The molecule has 22 heavy (non-hydrogen) atoms. The second-order valence-electron chi connectivity index (χ2n) is 5.00. The van der Waals surface area contributed by atoms with Gasteiger partial charge in [-0.15, -0.1) is 0 Å². The van der Waals surface area contributed by atoms with Crippen LogP contribution in [0, 0.1) is 6.92 Å². The summed E-state index contributed by atoms with van der Waals surface area (Å²) in [6.07, 6.45) is 0.260. The van der Waals surface area contributed by atoms with E-state index in [1.165, 1.54) is 0 Å². The number of carbonyl (C=O) groups is 1. The summed E-state index contributed by atoms with van der Waals surface area (Å²) in [4.78, 5) is 12.1. The number of amides is 1. The molecule has 0 fully saturated rings. The van der Waals surface area contributed by atoms with Gasteiger partial charge < -0.3 is 10.1 Å². The van der Waals surface area contributed by atoms with Gasteiger partial charge >= 0.3 is 0 Å². The molecule has 2 aromatic carbocycles. The number of ether oxygens (including phenoxy) is 1. The van der Waals surface area contributed by atoms with Crippen LogP contribution in [0.2, 0.25) is 10.0 Å². The van der Waals surface area contributed by atoms with Crippen LogP contribution in [0.3, 0.4) is 0 Å². The molecule has 0 saturated heterocycles. The summed E-state index contributed by atoms with van der Waals surface area (Å²) in [6, 6.07) is 11.0. The molecule has 0 aromatic heterocycles. The number of rotatable bonds is 5. The molecular weight excluding hydrogens is 321 g/mol. The Labute approximate surface area is 140 Å². The predicted octanol–water partition coefficient (Wildman–Crippen LogP) is 4.17. The first-order chi connectivity index (χ1) is 10.5. The van der Waals surface area contributed by atoms with E-state index < -0.39 is 0 Å². The minimum Gasteiger partial charge on any atom is -0.496 e. The lowest BCUT2D eigenvalue weighted by Gasteiger charge is -2.11. The fourth-order valence-electron chi connectivity index (χ4n) is 2.14. The van der Waals surface area contributed by atoms with Crippen molar-refractivity contribution in [3.63, 3.8) is 0 Å². The molecule has 1 N–H and O–H groups in total. The van der Waals surface area contributed by atoms with Crippen molar-refractivity contribution >= 4 is 29.1 Å². The van der Waals surface area contributed by atoms with E-state index >= 15 is 0 Å². The lowest BCUT2D eigenvalue weighted by atomic mass is 10.1. The van der Waals surface area contributed by atoms with Crippen LogP contribution < -0.4 is 10.1 Å². The maximum Gasteiger partial charge on any atom is 0.224 e. The molecule has 2 rings (SSSR count). The number of aryl methyl sites for hydroxylation is 1. The fourth-order valence-corrected chi connectivity index (χ4v) is 2.62. The maximum atomic E-state index is 12.1. The second-order valence-corrected chi connectivity index (χ2v) is 5.85. The Kier molecular flexibility index (Phi) is 5.69. The molecule has 0 radical (unpaired) electrons. The van der Waals surface area contributed by atoms with Crippen LogP contribution >= 0.6 is 23.2 Å². The zero-order valence-corrected chi connectivity index (χ0v) is 14.0. The summed E-state index contributed by atoms with van der Waals surface area (Å²) in [6.45, 7) is 2.34. The van der Waals surface area contributed by atoms with Gasteiger partial charge in [0.05, 0.1) is 13.5 Å². The standard InChI is InChI=1S/C17H17Cl2NO2/c1-11-3-6-16(22-2)13(7-11)8-17(21)20-10-12-4-5-14(18)9-15(12)19/h3-7,9H,8,10H2,1-2H3,(H,20,21). The van der Waals surface area contributed by atoms with E-state index in [1.54, 1.807) is 25.3 Å². The molecule has 0 unspecified atom stereocenters. The monoisotopic (exact) mass is 337 g/mol. The van der Waals surface area contributed by atoms with Gasteiger partial charge in [0.25, 0.3) is 0 Å². The minimum atomic E-state index is -0.0880. The van der Waals surface area contributed by atoms with Crippen molar-refractivity contribution in [2.45, 2.75) is 19.9 Å². The summed E-state index contributed by atoms with van der Waals surface area (Å²) in [5, 5.41) is 3.97. The van der Waals surface area contributed by atoms with Crippen LogP contribution in [0.25, 0.3) is 0 Å². The van der Waals surface area contributed by atoms with E-state index in [2.05, 4.69) is 5.32 Å². The number of halogens is 2. The van der Waals surface area contributed by atoms with Crippen LogP contribution in [0.1, 0.15) is 16.7 Å². The van der Waals surface area contributed by atoms with Crippen molar-refractivity contribution in [2.75, 3.05) is 7.11 Å². The molecule has 0 spiro atoms. The number of methoxy groups -OCH3 is 1. The number of benzene rings is 2. The first kappa shape index (κ1) is 16.7. The summed E-state index contributed by atoms with van der Waals surface area (Å²) in [7, 11) is 1.60. The molecule has 116 valence electrons. The highest BCUT2D eigenvalue weighted by Crippen LogP contribution is 2.22. The third-order valence-corrected chi connectivity index (χ3v) is 3.86. The van der Waals surface area contributed by atoms with Gasteiger partial charge in [-0.2, -0.15) is 0 Å². The van der Waals surface area contributed by atoms with Crippen molar-refractivity contribution in [1.29, 1.82) is 0 Å². The van der Waals surface area contributed by atoms with Gasteiger partial charge in [0.15, 0.2) is 0 Å². The van der Waals surface area contributed by atoms with Gasteiger partial charge in [0, 0.05) is 22.2 Å². The summed E-state index contributed by atoms with van der Waals surface area (Å²) < 4.78 is 5.28. The lowest BCUT2D eigenvalue weighted by Crippen LogP contribution is -2.24.